The molecule has 96 valence electrons. The van der Waals surface area contributed by atoms with Gasteiger partial charge < -0.3 is 11.1 Å². The van der Waals surface area contributed by atoms with E-state index in [1.807, 2.05) is 0 Å². The minimum absolute atomic E-state index is 0.0458. The molecule has 1 aromatic heterocycles. The fraction of sp³-hybridized carbons (Fsp3) is 0.500. The molecule has 2 rings (SSSR count). The summed E-state index contributed by atoms with van der Waals surface area (Å²) in [5, 5.41) is 2.98. The van der Waals surface area contributed by atoms with E-state index in [0.29, 0.717) is 0 Å². The van der Waals surface area contributed by atoms with Crippen LogP contribution in [0.3, 0.4) is 0 Å². The Balaban J connectivity index is 2.03. The van der Waals surface area contributed by atoms with Crippen molar-refractivity contribution in [1.82, 2.24) is 15.3 Å². The summed E-state index contributed by atoms with van der Waals surface area (Å²) < 4.78 is 0. The number of rotatable bonds is 5. The van der Waals surface area contributed by atoms with E-state index in [1.165, 1.54) is 12.4 Å². The third-order valence-corrected chi connectivity index (χ3v) is 3.10. The Morgan fingerprint density at radius 1 is 1.33 bits per heavy atom. The van der Waals surface area contributed by atoms with Crippen LogP contribution < -0.4 is 11.1 Å². The summed E-state index contributed by atoms with van der Waals surface area (Å²) in [6.07, 6.45) is 6.53. The maximum atomic E-state index is 11.9. The fourth-order valence-corrected chi connectivity index (χ4v) is 1.94. The first-order chi connectivity index (χ1) is 8.56. The quantitative estimate of drug-likeness (QED) is 0.798. The van der Waals surface area contributed by atoms with Crippen LogP contribution in [0.2, 0.25) is 0 Å². The highest BCUT2D eigenvalue weighted by Crippen LogP contribution is 2.39. The molecular formula is C12H16N4O2. The molecule has 1 fully saturated rings. The van der Waals surface area contributed by atoms with Gasteiger partial charge in [0.05, 0.1) is 12.4 Å². The third kappa shape index (κ3) is 2.64. The lowest BCUT2D eigenvalue weighted by molar-refractivity contribution is 0.0920. The predicted octanol–water partition coefficient (Wildman–Crippen LogP) is 0.638. The predicted molar refractivity (Wildman–Crippen MR) is 64.9 cm³/mol. The molecule has 3 N–H and O–H groups in total. The number of primary amides is 1. The normalized spacial score (nSPS) is 16.1. The highest BCUT2D eigenvalue weighted by molar-refractivity contribution is 5.94. The van der Waals surface area contributed by atoms with Gasteiger partial charge in [0.15, 0.2) is 0 Å². The molecule has 6 nitrogen and oxygen atoms in total. The second-order valence-electron chi connectivity index (χ2n) is 4.64. The summed E-state index contributed by atoms with van der Waals surface area (Å²) in [5.74, 6) is -0.899. The number of carbonyl (C=O) groups is 2. The van der Waals surface area contributed by atoms with Gasteiger partial charge in [-0.3, -0.25) is 9.59 Å². The van der Waals surface area contributed by atoms with Crippen LogP contribution >= 0.6 is 0 Å². The number of hydrogen-bond acceptors (Lipinski definition) is 4. The van der Waals surface area contributed by atoms with Crippen molar-refractivity contribution in [2.75, 3.05) is 0 Å². The largest absolute Gasteiger partial charge is 0.364 e. The van der Waals surface area contributed by atoms with E-state index >= 15 is 0 Å². The first-order valence-electron chi connectivity index (χ1n) is 6.01. The molecule has 0 aromatic carbocycles. The van der Waals surface area contributed by atoms with Gasteiger partial charge in [-0.2, -0.15) is 0 Å². The lowest BCUT2D eigenvalue weighted by Crippen LogP contribution is -2.37. The lowest BCUT2D eigenvalue weighted by Gasteiger charge is -2.15. The van der Waals surface area contributed by atoms with Crippen molar-refractivity contribution < 1.29 is 9.59 Å². The molecule has 1 aliphatic carbocycles. The number of hydrogen-bond donors (Lipinski definition) is 2. The minimum atomic E-state index is -0.654. The van der Waals surface area contributed by atoms with Gasteiger partial charge in [0.2, 0.25) is 0 Å². The Morgan fingerprint density at radius 2 is 1.94 bits per heavy atom. The second kappa shape index (κ2) is 4.72. The van der Waals surface area contributed by atoms with Crippen LogP contribution in [0.25, 0.3) is 0 Å². The highest BCUT2D eigenvalue weighted by Gasteiger charge is 2.43. The van der Waals surface area contributed by atoms with Crippen LogP contribution in [0, 0.1) is 0 Å². The zero-order chi connectivity index (χ0) is 13.2. The van der Waals surface area contributed by atoms with E-state index in [1.54, 1.807) is 0 Å². The van der Waals surface area contributed by atoms with Crippen molar-refractivity contribution in [3.63, 3.8) is 0 Å². The highest BCUT2D eigenvalue weighted by atomic mass is 16.2. The van der Waals surface area contributed by atoms with E-state index in [-0.39, 0.29) is 22.8 Å². The molecule has 0 atom stereocenters. The second-order valence-corrected chi connectivity index (χ2v) is 4.64. The van der Waals surface area contributed by atoms with Crippen molar-refractivity contribution in [3.05, 3.63) is 23.8 Å². The van der Waals surface area contributed by atoms with Crippen molar-refractivity contribution in [3.8, 4) is 0 Å². The van der Waals surface area contributed by atoms with Crippen molar-refractivity contribution in [2.24, 2.45) is 5.73 Å². The van der Waals surface area contributed by atoms with Gasteiger partial charge in [-0.1, -0.05) is 13.3 Å². The molecule has 0 aliphatic heterocycles. The summed E-state index contributed by atoms with van der Waals surface area (Å²) in [6, 6.07) is 0. The van der Waals surface area contributed by atoms with Gasteiger partial charge in [0.1, 0.15) is 11.4 Å². The van der Waals surface area contributed by atoms with Crippen molar-refractivity contribution in [1.29, 1.82) is 0 Å². The summed E-state index contributed by atoms with van der Waals surface area (Å²) in [5.41, 5.74) is 5.27. The average Bonchev–Trinajstić information content (AvgIpc) is 3.09. The van der Waals surface area contributed by atoms with Crippen molar-refractivity contribution in [2.45, 2.75) is 38.1 Å². The summed E-state index contributed by atoms with van der Waals surface area (Å²) in [6.45, 7) is 2.09. The first-order valence-corrected chi connectivity index (χ1v) is 6.01. The van der Waals surface area contributed by atoms with Crippen LogP contribution in [0.5, 0.6) is 0 Å². The monoisotopic (exact) mass is 248 g/mol. The van der Waals surface area contributed by atoms with Gasteiger partial charge in [0, 0.05) is 5.54 Å². The van der Waals surface area contributed by atoms with E-state index in [4.69, 9.17) is 5.73 Å². The molecule has 1 saturated carbocycles. The molecule has 1 aliphatic rings. The number of nitrogens with two attached hydrogens (primary N) is 1. The Morgan fingerprint density at radius 3 is 2.39 bits per heavy atom. The molecule has 0 saturated heterocycles. The third-order valence-electron chi connectivity index (χ3n) is 3.10. The Kier molecular flexibility index (Phi) is 3.27. The number of aromatic nitrogens is 2. The smallest absolute Gasteiger partial charge is 0.271 e. The average molecular weight is 248 g/mol. The Bertz CT molecular complexity index is 465. The first kappa shape index (κ1) is 12.5. The van der Waals surface area contributed by atoms with E-state index in [2.05, 4.69) is 22.2 Å². The molecule has 2 amide bonds. The number of carbonyl (C=O) groups excluding carboxylic acids is 2. The topological polar surface area (TPSA) is 98.0 Å². The molecule has 0 spiro atoms. The maximum Gasteiger partial charge on any atom is 0.271 e. The van der Waals surface area contributed by atoms with Gasteiger partial charge in [-0.05, 0) is 19.3 Å². The molecule has 6 heteroatoms. The summed E-state index contributed by atoms with van der Waals surface area (Å²) >= 11 is 0. The van der Waals surface area contributed by atoms with E-state index < -0.39 is 5.91 Å². The van der Waals surface area contributed by atoms with Crippen LogP contribution in [0.4, 0.5) is 0 Å². The Labute approximate surface area is 105 Å². The lowest BCUT2D eigenvalue weighted by atomic mass is 10.1. The molecule has 1 aromatic rings. The SMILES string of the molecule is CCCC1(NC(=O)c2cnc(C(N)=O)cn2)CC1. The van der Waals surface area contributed by atoms with Gasteiger partial charge in [-0.25, -0.2) is 9.97 Å². The number of nitrogens with one attached hydrogen (secondary N) is 1. The van der Waals surface area contributed by atoms with E-state index in [9.17, 15) is 9.59 Å². The van der Waals surface area contributed by atoms with Crippen LogP contribution in [0.15, 0.2) is 12.4 Å². The van der Waals surface area contributed by atoms with Crippen LogP contribution in [-0.4, -0.2) is 27.3 Å². The summed E-state index contributed by atoms with van der Waals surface area (Å²) in [4.78, 5) is 30.4. The zero-order valence-corrected chi connectivity index (χ0v) is 10.3. The summed E-state index contributed by atoms with van der Waals surface area (Å²) in [7, 11) is 0. The van der Waals surface area contributed by atoms with Gasteiger partial charge in [0.25, 0.3) is 11.8 Å². The molecule has 18 heavy (non-hydrogen) atoms. The molecular weight excluding hydrogens is 232 g/mol. The van der Waals surface area contributed by atoms with Gasteiger partial charge >= 0.3 is 0 Å². The molecule has 1 heterocycles. The standard InChI is InChI=1S/C12H16N4O2/c1-2-3-12(4-5-12)16-11(18)9-7-14-8(6-15-9)10(13)17/h6-7H,2-5H2,1H3,(H2,13,17)(H,16,18). The number of amides is 2. The Hall–Kier alpha value is -1.98. The van der Waals surface area contributed by atoms with E-state index in [0.717, 1.165) is 25.7 Å². The number of nitrogens with zero attached hydrogens (tertiary/aromatic N) is 2. The van der Waals surface area contributed by atoms with Crippen molar-refractivity contribution >= 4 is 11.8 Å². The van der Waals surface area contributed by atoms with Crippen LogP contribution in [0.1, 0.15) is 53.6 Å². The molecule has 0 radical (unpaired) electrons. The zero-order valence-electron chi connectivity index (χ0n) is 10.3. The fourth-order valence-electron chi connectivity index (χ4n) is 1.94. The van der Waals surface area contributed by atoms with Crippen LogP contribution in [-0.2, 0) is 0 Å². The molecule has 0 unspecified atom stereocenters. The maximum absolute atomic E-state index is 11.9. The van der Waals surface area contributed by atoms with Gasteiger partial charge in [-0.15, -0.1) is 0 Å². The molecule has 0 bridgehead atoms. The minimum Gasteiger partial charge on any atom is -0.364 e.